The van der Waals surface area contributed by atoms with Crippen molar-refractivity contribution in [3.05, 3.63) is 0 Å². The first kappa shape index (κ1) is 10.7. The second kappa shape index (κ2) is 6.41. The Morgan fingerprint density at radius 3 is 2.10 bits per heavy atom. The summed E-state index contributed by atoms with van der Waals surface area (Å²) >= 11 is 0. The van der Waals surface area contributed by atoms with E-state index >= 15 is 0 Å². The number of hydrogen-bond acceptors (Lipinski definition) is 2. The molecule has 0 saturated carbocycles. The molecule has 0 rings (SSSR count). The van der Waals surface area contributed by atoms with Crippen molar-refractivity contribution in [2.75, 3.05) is 11.5 Å². The highest BCUT2D eigenvalue weighted by Gasteiger charge is 2.05. The zero-order valence-electron chi connectivity index (χ0n) is 7.39. The SMILES string of the molecule is CCSSCC(C)C(C)C. The van der Waals surface area contributed by atoms with Gasteiger partial charge in [-0.15, -0.1) is 0 Å². The fraction of sp³-hybridized carbons (Fsp3) is 1.00. The van der Waals surface area contributed by atoms with Gasteiger partial charge in [0, 0.05) is 11.5 Å². The van der Waals surface area contributed by atoms with Gasteiger partial charge in [0.05, 0.1) is 0 Å². The molecule has 2 heteroatoms. The lowest BCUT2D eigenvalue weighted by Crippen LogP contribution is -2.05. The summed E-state index contributed by atoms with van der Waals surface area (Å²) in [5.41, 5.74) is 0. The monoisotopic (exact) mass is 178 g/mol. The van der Waals surface area contributed by atoms with Crippen LogP contribution < -0.4 is 0 Å². The van der Waals surface area contributed by atoms with Gasteiger partial charge in [-0.2, -0.15) is 0 Å². The molecule has 1 atom stereocenters. The van der Waals surface area contributed by atoms with Crippen LogP contribution in [0.15, 0.2) is 0 Å². The Balaban J connectivity index is 3.13. The van der Waals surface area contributed by atoms with Crippen molar-refractivity contribution in [1.82, 2.24) is 0 Å². The van der Waals surface area contributed by atoms with Crippen LogP contribution in [0, 0.1) is 11.8 Å². The van der Waals surface area contributed by atoms with Crippen molar-refractivity contribution in [3.8, 4) is 0 Å². The van der Waals surface area contributed by atoms with E-state index in [2.05, 4.69) is 27.7 Å². The first-order valence-corrected chi connectivity index (χ1v) is 6.41. The Kier molecular flexibility index (Phi) is 6.86. The summed E-state index contributed by atoms with van der Waals surface area (Å²) in [5.74, 6) is 4.24. The molecule has 0 fully saturated rings. The summed E-state index contributed by atoms with van der Waals surface area (Å²) in [6.45, 7) is 9.12. The maximum Gasteiger partial charge on any atom is 0.00651 e. The largest absolute Gasteiger partial charge is 0.0944 e. The van der Waals surface area contributed by atoms with Crippen LogP contribution in [-0.4, -0.2) is 11.5 Å². The molecule has 0 radical (unpaired) electrons. The van der Waals surface area contributed by atoms with Gasteiger partial charge in [0.25, 0.3) is 0 Å². The van der Waals surface area contributed by atoms with Crippen molar-refractivity contribution in [3.63, 3.8) is 0 Å². The van der Waals surface area contributed by atoms with Gasteiger partial charge >= 0.3 is 0 Å². The molecule has 0 bridgehead atoms. The molecular weight excluding hydrogens is 160 g/mol. The second-order valence-electron chi connectivity index (χ2n) is 2.91. The average Bonchev–Trinajstić information content (AvgIpc) is 1.88. The van der Waals surface area contributed by atoms with Crippen LogP contribution in [0.5, 0.6) is 0 Å². The number of rotatable bonds is 5. The fourth-order valence-electron chi connectivity index (χ4n) is 0.431. The van der Waals surface area contributed by atoms with Gasteiger partial charge in [0.2, 0.25) is 0 Å². The van der Waals surface area contributed by atoms with Crippen molar-refractivity contribution >= 4 is 21.6 Å². The van der Waals surface area contributed by atoms with E-state index in [0.717, 1.165) is 11.8 Å². The maximum absolute atomic E-state index is 2.33. The number of hydrogen-bond donors (Lipinski definition) is 0. The predicted molar refractivity (Wildman–Crippen MR) is 54.6 cm³/mol. The van der Waals surface area contributed by atoms with Crippen LogP contribution in [0.25, 0.3) is 0 Å². The van der Waals surface area contributed by atoms with E-state index in [1.807, 2.05) is 21.6 Å². The Morgan fingerprint density at radius 2 is 1.70 bits per heavy atom. The Morgan fingerprint density at radius 1 is 1.10 bits per heavy atom. The summed E-state index contributed by atoms with van der Waals surface area (Å²) < 4.78 is 0. The zero-order chi connectivity index (χ0) is 7.98. The highest BCUT2D eigenvalue weighted by molar-refractivity contribution is 8.76. The van der Waals surface area contributed by atoms with Crippen LogP contribution >= 0.6 is 21.6 Å². The van der Waals surface area contributed by atoms with Gasteiger partial charge in [-0.25, -0.2) is 0 Å². The van der Waals surface area contributed by atoms with E-state index in [1.54, 1.807) is 0 Å². The summed E-state index contributed by atoms with van der Waals surface area (Å²) in [6.07, 6.45) is 0. The minimum Gasteiger partial charge on any atom is -0.0944 e. The lowest BCUT2D eigenvalue weighted by molar-refractivity contribution is 0.465. The molecule has 0 aliphatic carbocycles. The molecule has 0 amide bonds. The van der Waals surface area contributed by atoms with Gasteiger partial charge in [-0.05, 0) is 11.8 Å². The van der Waals surface area contributed by atoms with Crippen LogP contribution in [0.2, 0.25) is 0 Å². The van der Waals surface area contributed by atoms with E-state index in [-0.39, 0.29) is 0 Å². The lowest BCUT2D eigenvalue weighted by Gasteiger charge is -2.13. The third-order valence-electron chi connectivity index (χ3n) is 1.67. The molecule has 0 nitrogen and oxygen atoms in total. The fourth-order valence-corrected chi connectivity index (χ4v) is 2.73. The molecule has 0 N–H and O–H groups in total. The van der Waals surface area contributed by atoms with Crippen LogP contribution in [-0.2, 0) is 0 Å². The molecule has 0 aliphatic rings. The maximum atomic E-state index is 2.33. The minimum atomic E-state index is 0.838. The van der Waals surface area contributed by atoms with Gasteiger partial charge in [-0.3, -0.25) is 0 Å². The molecule has 0 aliphatic heterocycles. The Labute approximate surface area is 72.9 Å². The first-order chi connectivity index (χ1) is 4.68. The third-order valence-corrected chi connectivity index (χ3v) is 4.35. The van der Waals surface area contributed by atoms with Gasteiger partial charge < -0.3 is 0 Å². The summed E-state index contributed by atoms with van der Waals surface area (Å²) in [4.78, 5) is 0. The van der Waals surface area contributed by atoms with Crippen molar-refractivity contribution in [1.29, 1.82) is 0 Å². The van der Waals surface area contributed by atoms with Crippen LogP contribution in [0.3, 0.4) is 0 Å². The molecule has 10 heavy (non-hydrogen) atoms. The molecule has 0 spiro atoms. The quantitative estimate of drug-likeness (QED) is 0.465. The third kappa shape index (κ3) is 5.48. The van der Waals surface area contributed by atoms with Crippen molar-refractivity contribution in [2.45, 2.75) is 27.7 Å². The minimum absolute atomic E-state index is 0.838. The smallest absolute Gasteiger partial charge is 0.00651 e. The molecule has 0 aromatic heterocycles. The van der Waals surface area contributed by atoms with Gasteiger partial charge in [0.1, 0.15) is 0 Å². The Hall–Kier alpha value is 0.700. The molecule has 0 heterocycles. The van der Waals surface area contributed by atoms with Gasteiger partial charge in [-0.1, -0.05) is 49.3 Å². The van der Waals surface area contributed by atoms with Crippen LogP contribution in [0.4, 0.5) is 0 Å². The van der Waals surface area contributed by atoms with E-state index in [0.29, 0.717) is 0 Å². The molecule has 0 saturated heterocycles. The second-order valence-corrected chi connectivity index (χ2v) is 5.71. The molecule has 62 valence electrons. The van der Waals surface area contributed by atoms with E-state index < -0.39 is 0 Å². The topological polar surface area (TPSA) is 0 Å². The lowest BCUT2D eigenvalue weighted by atomic mass is 10.0. The first-order valence-electron chi connectivity index (χ1n) is 3.92. The average molecular weight is 178 g/mol. The normalized spacial score (nSPS) is 14.1. The summed E-state index contributed by atoms with van der Waals surface area (Å²) in [7, 11) is 3.98. The highest BCUT2D eigenvalue weighted by atomic mass is 33.1. The highest BCUT2D eigenvalue weighted by Crippen LogP contribution is 2.25. The molecular formula is C8H18S2. The summed E-state index contributed by atoms with van der Waals surface area (Å²) in [5, 5.41) is 0. The molecule has 0 aromatic carbocycles. The molecule has 1 unspecified atom stereocenters. The van der Waals surface area contributed by atoms with E-state index in [1.165, 1.54) is 11.5 Å². The predicted octanol–water partition coefficient (Wildman–Crippen LogP) is 3.68. The molecule has 0 aromatic rings. The summed E-state index contributed by atoms with van der Waals surface area (Å²) in [6, 6.07) is 0. The van der Waals surface area contributed by atoms with E-state index in [4.69, 9.17) is 0 Å². The van der Waals surface area contributed by atoms with Crippen molar-refractivity contribution < 1.29 is 0 Å². The van der Waals surface area contributed by atoms with Crippen molar-refractivity contribution in [2.24, 2.45) is 11.8 Å². The Bertz CT molecular complexity index is 71.7. The zero-order valence-corrected chi connectivity index (χ0v) is 9.02. The standard InChI is InChI=1S/C8H18S2/c1-5-9-10-6-8(4)7(2)3/h7-8H,5-6H2,1-4H3. The van der Waals surface area contributed by atoms with E-state index in [9.17, 15) is 0 Å². The van der Waals surface area contributed by atoms with Crippen LogP contribution in [0.1, 0.15) is 27.7 Å². The van der Waals surface area contributed by atoms with Gasteiger partial charge in [0.15, 0.2) is 0 Å².